The van der Waals surface area contributed by atoms with E-state index >= 15 is 0 Å². The van der Waals surface area contributed by atoms with Crippen molar-refractivity contribution in [2.45, 2.75) is 24.3 Å². The van der Waals surface area contributed by atoms with Crippen LogP contribution in [-0.4, -0.2) is 40.4 Å². The molecule has 1 unspecified atom stereocenters. The molecule has 2 N–H and O–H groups in total. The molecule has 0 fully saturated rings. The third-order valence-electron chi connectivity index (χ3n) is 4.35. The molecule has 8 nitrogen and oxygen atoms in total. The maximum absolute atomic E-state index is 13.4. The van der Waals surface area contributed by atoms with E-state index in [4.69, 9.17) is 16.3 Å². The summed E-state index contributed by atoms with van der Waals surface area (Å²) in [6.45, 7) is 3.76. The lowest BCUT2D eigenvalue weighted by Gasteiger charge is -2.18. The molecule has 1 atom stereocenters. The second-order valence-electron chi connectivity index (χ2n) is 6.48. The Bertz CT molecular complexity index is 1200. The van der Waals surface area contributed by atoms with Crippen LogP contribution in [0.3, 0.4) is 0 Å². The van der Waals surface area contributed by atoms with Crippen molar-refractivity contribution in [3.63, 3.8) is 0 Å². The van der Waals surface area contributed by atoms with Crippen molar-refractivity contribution in [1.29, 1.82) is 0 Å². The second kappa shape index (κ2) is 9.84. The van der Waals surface area contributed by atoms with E-state index in [-0.39, 0.29) is 10.7 Å². The first kappa shape index (κ1) is 22.6. The largest absolute Gasteiger partial charge is 0.495 e. The minimum absolute atomic E-state index is 0.266. The molecular weight excluding hydrogens is 440 g/mol. The van der Waals surface area contributed by atoms with Gasteiger partial charge in [-0.3, -0.25) is 19.5 Å². The number of amides is 3. The van der Waals surface area contributed by atoms with Gasteiger partial charge in [0, 0.05) is 11.6 Å². The Morgan fingerprint density at radius 1 is 1.26 bits per heavy atom. The van der Waals surface area contributed by atoms with Crippen LogP contribution in [-0.2, 0) is 4.79 Å². The molecule has 0 saturated heterocycles. The standard InChI is InChI=1S/C21H21ClN4O4S/c1-4-23-20(29)25-18(27)12(2)31-21-24-15-11-13(22)9-10-14(15)19(28)26(21)16-7-5-6-8-17(16)30-3/h5-12H,4H2,1-3H3,(H2,23,25,27,29). The highest BCUT2D eigenvalue weighted by Gasteiger charge is 2.22. The molecule has 162 valence electrons. The van der Waals surface area contributed by atoms with Crippen LogP contribution < -0.4 is 20.9 Å². The maximum atomic E-state index is 13.4. The lowest BCUT2D eigenvalue weighted by atomic mass is 10.2. The van der Waals surface area contributed by atoms with Gasteiger partial charge in [-0.05, 0) is 44.2 Å². The topological polar surface area (TPSA) is 102 Å². The molecule has 1 heterocycles. The van der Waals surface area contributed by atoms with Crippen molar-refractivity contribution >= 4 is 46.2 Å². The lowest BCUT2D eigenvalue weighted by Crippen LogP contribution is -2.42. The Balaban J connectivity index is 2.11. The van der Waals surface area contributed by atoms with Crippen molar-refractivity contribution < 1.29 is 14.3 Å². The Hall–Kier alpha value is -3.04. The number of benzene rings is 2. The summed E-state index contributed by atoms with van der Waals surface area (Å²) < 4.78 is 6.82. The summed E-state index contributed by atoms with van der Waals surface area (Å²) in [6.07, 6.45) is 0. The number of hydrogen-bond donors (Lipinski definition) is 2. The molecule has 3 rings (SSSR count). The number of ether oxygens (including phenoxy) is 1. The molecule has 10 heteroatoms. The fourth-order valence-electron chi connectivity index (χ4n) is 2.87. The zero-order valence-corrected chi connectivity index (χ0v) is 18.7. The van der Waals surface area contributed by atoms with Gasteiger partial charge in [-0.25, -0.2) is 9.78 Å². The first-order chi connectivity index (χ1) is 14.8. The van der Waals surface area contributed by atoms with E-state index in [9.17, 15) is 14.4 Å². The summed E-state index contributed by atoms with van der Waals surface area (Å²) in [5.74, 6) is -0.0380. The van der Waals surface area contributed by atoms with Crippen molar-refractivity contribution in [2.75, 3.05) is 13.7 Å². The van der Waals surface area contributed by atoms with E-state index in [1.54, 1.807) is 56.3 Å². The van der Waals surface area contributed by atoms with Gasteiger partial charge in [0.25, 0.3) is 5.56 Å². The molecule has 3 aromatic rings. The van der Waals surface area contributed by atoms with Crippen LogP contribution in [0.25, 0.3) is 16.6 Å². The molecule has 1 aromatic heterocycles. The van der Waals surface area contributed by atoms with E-state index in [0.717, 1.165) is 11.8 Å². The average Bonchev–Trinajstić information content (AvgIpc) is 2.73. The lowest BCUT2D eigenvalue weighted by molar-refractivity contribution is -0.119. The maximum Gasteiger partial charge on any atom is 0.321 e. The van der Waals surface area contributed by atoms with Crippen molar-refractivity contribution in [2.24, 2.45) is 0 Å². The van der Waals surface area contributed by atoms with Crippen LogP contribution in [0, 0.1) is 0 Å². The van der Waals surface area contributed by atoms with E-state index in [1.165, 1.54) is 11.7 Å². The van der Waals surface area contributed by atoms with Gasteiger partial charge in [-0.15, -0.1) is 0 Å². The van der Waals surface area contributed by atoms with Gasteiger partial charge in [0.1, 0.15) is 5.75 Å². The summed E-state index contributed by atoms with van der Waals surface area (Å²) in [4.78, 5) is 42.1. The number of methoxy groups -OCH3 is 1. The Kier molecular flexibility index (Phi) is 7.19. The molecule has 0 aliphatic heterocycles. The van der Waals surface area contributed by atoms with Crippen LogP contribution in [0.4, 0.5) is 4.79 Å². The number of urea groups is 1. The number of nitrogens with one attached hydrogen (secondary N) is 2. The van der Waals surface area contributed by atoms with E-state index in [1.807, 2.05) is 0 Å². The van der Waals surface area contributed by atoms with Gasteiger partial charge < -0.3 is 10.1 Å². The minimum Gasteiger partial charge on any atom is -0.495 e. The quantitative estimate of drug-likeness (QED) is 0.432. The summed E-state index contributed by atoms with van der Waals surface area (Å²) in [5.41, 5.74) is 0.561. The van der Waals surface area contributed by atoms with Gasteiger partial charge in [0.2, 0.25) is 5.91 Å². The molecule has 0 saturated carbocycles. The zero-order valence-electron chi connectivity index (χ0n) is 17.1. The van der Waals surface area contributed by atoms with Gasteiger partial charge in [0.05, 0.1) is 29.0 Å². The summed E-state index contributed by atoms with van der Waals surface area (Å²) in [6, 6.07) is 11.3. The number of imide groups is 1. The number of nitrogens with zero attached hydrogens (tertiary/aromatic N) is 2. The van der Waals surface area contributed by atoms with E-state index in [0.29, 0.717) is 33.9 Å². The predicted octanol–water partition coefficient (Wildman–Crippen LogP) is 3.37. The van der Waals surface area contributed by atoms with Gasteiger partial charge in [0.15, 0.2) is 5.16 Å². The number of thioether (sulfide) groups is 1. The number of aromatic nitrogens is 2. The highest BCUT2D eigenvalue weighted by molar-refractivity contribution is 8.00. The number of carbonyl (C=O) groups is 2. The Morgan fingerprint density at radius 3 is 2.71 bits per heavy atom. The highest BCUT2D eigenvalue weighted by Crippen LogP contribution is 2.29. The Labute approximate surface area is 187 Å². The van der Waals surface area contributed by atoms with Crippen LogP contribution in [0.15, 0.2) is 52.4 Å². The first-order valence-electron chi connectivity index (χ1n) is 9.46. The normalized spacial score (nSPS) is 11.7. The number of hydrogen-bond acceptors (Lipinski definition) is 6. The summed E-state index contributed by atoms with van der Waals surface area (Å²) in [5, 5.41) is 5.14. The summed E-state index contributed by atoms with van der Waals surface area (Å²) in [7, 11) is 1.51. The van der Waals surface area contributed by atoms with Gasteiger partial charge in [-0.2, -0.15) is 0 Å². The fraction of sp³-hybridized carbons (Fsp3) is 0.238. The summed E-state index contributed by atoms with van der Waals surface area (Å²) >= 11 is 7.14. The molecule has 3 amide bonds. The number of fused-ring (bicyclic) bond motifs is 1. The SMILES string of the molecule is CCNC(=O)NC(=O)C(C)Sc1nc2cc(Cl)ccc2c(=O)n1-c1ccccc1OC. The average molecular weight is 461 g/mol. The smallest absolute Gasteiger partial charge is 0.321 e. The van der Waals surface area contributed by atoms with Crippen LogP contribution >= 0.6 is 23.4 Å². The third kappa shape index (κ3) is 5.00. The van der Waals surface area contributed by atoms with Gasteiger partial charge in [-0.1, -0.05) is 35.5 Å². The minimum atomic E-state index is -0.716. The molecule has 0 aliphatic rings. The molecule has 0 spiro atoms. The van der Waals surface area contributed by atoms with Crippen molar-refractivity contribution in [1.82, 2.24) is 20.2 Å². The number of halogens is 1. The third-order valence-corrected chi connectivity index (χ3v) is 5.64. The second-order valence-corrected chi connectivity index (χ2v) is 8.22. The number of carbonyl (C=O) groups excluding carboxylic acids is 2. The zero-order chi connectivity index (χ0) is 22.5. The van der Waals surface area contributed by atoms with Crippen LogP contribution in [0.1, 0.15) is 13.8 Å². The van der Waals surface area contributed by atoms with Crippen LogP contribution in [0.2, 0.25) is 5.02 Å². The number of rotatable bonds is 6. The van der Waals surface area contributed by atoms with Crippen LogP contribution in [0.5, 0.6) is 5.75 Å². The van der Waals surface area contributed by atoms with E-state index < -0.39 is 17.2 Å². The molecule has 0 aliphatic carbocycles. The number of para-hydroxylation sites is 2. The molecule has 0 bridgehead atoms. The molecular formula is C21H21ClN4O4S. The monoisotopic (exact) mass is 460 g/mol. The molecule has 2 aromatic carbocycles. The molecule has 31 heavy (non-hydrogen) atoms. The molecule has 0 radical (unpaired) electrons. The highest BCUT2D eigenvalue weighted by atomic mass is 35.5. The Morgan fingerprint density at radius 2 is 2.00 bits per heavy atom. The van der Waals surface area contributed by atoms with Gasteiger partial charge >= 0.3 is 6.03 Å². The van der Waals surface area contributed by atoms with Crippen molar-refractivity contribution in [3.05, 3.63) is 57.8 Å². The van der Waals surface area contributed by atoms with Crippen molar-refractivity contribution in [3.8, 4) is 11.4 Å². The predicted molar refractivity (Wildman–Crippen MR) is 121 cm³/mol. The first-order valence-corrected chi connectivity index (χ1v) is 10.7. The fourth-order valence-corrected chi connectivity index (χ4v) is 3.96. The van der Waals surface area contributed by atoms with E-state index in [2.05, 4.69) is 15.6 Å².